The summed E-state index contributed by atoms with van der Waals surface area (Å²) in [5.74, 6) is 0. The van der Waals surface area contributed by atoms with Crippen molar-refractivity contribution < 1.29 is 5.11 Å². The lowest BCUT2D eigenvalue weighted by molar-refractivity contribution is 0.212. The number of hydrogen-bond donors (Lipinski definition) is 2. The summed E-state index contributed by atoms with van der Waals surface area (Å²) in [5, 5.41) is 13.0. The number of nitrogens with one attached hydrogen (secondary N) is 1. The Morgan fingerprint density at radius 1 is 1.39 bits per heavy atom. The lowest BCUT2D eigenvalue weighted by Crippen LogP contribution is -2.64. The van der Waals surface area contributed by atoms with E-state index < -0.39 is 0 Å². The normalized spacial score (nSPS) is 23.2. The largest absolute Gasteiger partial charge is 0.394 e. The monoisotopic (exact) mass is 248 g/mol. The van der Waals surface area contributed by atoms with Gasteiger partial charge in [-0.2, -0.15) is 0 Å². The average molecular weight is 248 g/mol. The molecule has 0 bridgehead atoms. The molecule has 3 heteroatoms. The molecule has 100 valence electrons. The van der Waals surface area contributed by atoms with Gasteiger partial charge in [0.2, 0.25) is 0 Å². The highest BCUT2D eigenvalue weighted by Gasteiger charge is 2.36. The number of benzene rings is 1. The van der Waals surface area contributed by atoms with Crippen molar-refractivity contribution in [3.63, 3.8) is 0 Å². The van der Waals surface area contributed by atoms with Gasteiger partial charge in [-0.1, -0.05) is 12.1 Å². The molecule has 18 heavy (non-hydrogen) atoms. The summed E-state index contributed by atoms with van der Waals surface area (Å²) in [7, 11) is 0. The Morgan fingerprint density at radius 2 is 2.11 bits per heavy atom. The molecule has 1 unspecified atom stereocenters. The van der Waals surface area contributed by atoms with Gasteiger partial charge in [-0.3, -0.25) is 0 Å². The van der Waals surface area contributed by atoms with E-state index in [-0.39, 0.29) is 18.2 Å². The first-order chi connectivity index (χ1) is 8.45. The van der Waals surface area contributed by atoms with Gasteiger partial charge in [0.1, 0.15) is 0 Å². The second-order valence-electron chi connectivity index (χ2n) is 5.94. The molecular formula is C15H24N2O. The molecule has 0 aliphatic carbocycles. The third-order valence-electron chi connectivity index (χ3n) is 3.79. The Hall–Kier alpha value is -1.06. The predicted octanol–water partition coefficient (Wildman–Crippen LogP) is 1.85. The van der Waals surface area contributed by atoms with Crippen LogP contribution in [0.15, 0.2) is 18.2 Å². The van der Waals surface area contributed by atoms with Crippen LogP contribution in [0.1, 0.15) is 25.0 Å². The van der Waals surface area contributed by atoms with E-state index in [0.29, 0.717) is 0 Å². The van der Waals surface area contributed by atoms with Crippen LogP contribution in [0.5, 0.6) is 0 Å². The van der Waals surface area contributed by atoms with Crippen molar-refractivity contribution >= 4 is 5.69 Å². The molecule has 1 atom stereocenters. The number of hydrogen-bond acceptors (Lipinski definition) is 3. The highest BCUT2D eigenvalue weighted by Crippen LogP contribution is 2.31. The van der Waals surface area contributed by atoms with Crippen molar-refractivity contribution in [3.8, 4) is 0 Å². The summed E-state index contributed by atoms with van der Waals surface area (Å²) >= 11 is 0. The number of aryl methyl sites for hydroxylation is 2. The third kappa shape index (κ3) is 2.38. The molecule has 0 spiro atoms. The predicted molar refractivity (Wildman–Crippen MR) is 76.2 cm³/mol. The fourth-order valence-electron chi connectivity index (χ4n) is 2.86. The number of nitrogens with zero attached hydrogens (tertiary/aromatic N) is 1. The van der Waals surface area contributed by atoms with Crippen LogP contribution < -0.4 is 10.2 Å². The zero-order valence-corrected chi connectivity index (χ0v) is 11.8. The van der Waals surface area contributed by atoms with Crippen LogP contribution in [0, 0.1) is 13.8 Å². The van der Waals surface area contributed by atoms with Gasteiger partial charge in [-0.25, -0.2) is 0 Å². The number of anilines is 1. The quantitative estimate of drug-likeness (QED) is 0.838. The SMILES string of the molecule is Cc1ccc(C)c(N2C(CO)CNCC2(C)C)c1. The summed E-state index contributed by atoms with van der Waals surface area (Å²) < 4.78 is 0. The Labute approximate surface area is 110 Å². The van der Waals surface area contributed by atoms with Crippen LogP contribution in [0.4, 0.5) is 5.69 Å². The van der Waals surface area contributed by atoms with E-state index in [9.17, 15) is 5.11 Å². The second-order valence-corrected chi connectivity index (χ2v) is 5.94. The Bertz CT molecular complexity index is 429. The fraction of sp³-hybridized carbons (Fsp3) is 0.600. The first-order valence-corrected chi connectivity index (χ1v) is 6.64. The Morgan fingerprint density at radius 3 is 2.78 bits per heavy atom. The van der Waals surface area contributed by atoms with Crippen LogP contribution in [-0.2, 0) is 0 Å². The summed E-state index contributed by atoms with van der Waals surface area (Å²) in [6, 6.07) is 6.68. The maximum Gasteiger partial charge on any atom is 0.0651 e. The van der Waals surface area contributed by atoms with E-state index in [4.69, 9.17) is 0 Å². The van der Waals surface area contributed by atoms with Gasteiger partial charge in [0, 0.05) is 24.3 Å². The molecule has 1 fully saturated rings. The van der Waals surface area contributed by atoms with Gasteiger partial charge >= 0.3 is 0 Å². The zero-order valence-electron chi connectivity index (χ0n) is 11.8. The topological polar surface area (TPSA) is 35.5 Å². The van der Waals surface area contributed by atoms with Crippen molar-refractivity contribution in [2.45, 2.75) is 39.3 Å². The number of piperazine rings is 1. The molecule has 0 aromatic heterocycles. The molecule has 3 nitrogen and oxygen atoms in total. The van der Waals surface area contributed by atoms with Gasteiger partial charge < -0.3 is 15.3 Å². The molecular weight excluding hydrogens is 224 g/mol. The fourth-order valence-corrected chi connectivity index (χ4v) is 2.86. The molecule has 1 heterocycles. The van der Waals surface area contributed by atoms with E-state index in [2.05, 4.69) is 56.1 Å². The lowest BCUT2D eigenvalue weighted by atomic mass is 9.93. The minimum Gasteiger partial charge on any atom is -0.394 e. The Balaban J connectivity index is 2.46. The van der Waals surface area contributed by atoms with E-state index in [1.165, 1.54) is 16.8 Å². The first-order valence-electron chi connectivity index (χ1n) is 6.64. The van der Waals surface area contributed by atoms with Crippen LogP contribution in [-0.4, -0.2) is 36.4 Å². The first kappa shape index (κ1) is 13.4. The summed E-state index contributed by atoms with van der Waals surface area (Å²) in [6.07, 6.45) is 0. The number of rotatable bonds is 2. The smallest absolute Gasteiger partial charge is 0.0651 e. The minimum absolute atomic E-state index is 0.0181. The standard InChI is InChI=1S/C15H24N2O/c1-11-5-6-12(2)14(7-11)17-13(9-18)8-16-10-15(17,3)4/h5-7,13,16,18H,8-10H2,1-4H3. The Kier molecular flexibility index (Phi) is 3.64. The highest BCUT2D eigenvalue weighted by molar-refractivity contribution is 5.58. The molecule has 1 aromatic carbocycles. The van der Waals surface area contributed by atoms with Gasteiger partial charge in [0.25, 0.3) is 0 Å². The number of aliphatic hydroxyl groups excluding tert-OH is 1. The molecule has 1 saturated heterocycles. The van der Waals surface area contributed by atoms with Crippen molar-refractivity contribution in [3.05, 3.63) is 29.3 Å². The van der Waals surface area contributed by atoms with Crippen LogP contribution >= 0.6 is 0 Å². The molecule has 0 saturated carbocycles. The molecule has 2 N–H and O–H groups in total. The lowest BCUT2D eigenvalue weighted by Gasteiger charge is -2.49. The molecule has 1 aromatic rings. The van der Waals surface area contributed by atoms with E-state index in [1.54, 1.807) is 0 Å². The minimum atomic E-state index is 0.0181. The summed E-state index contributed by atoms with van der Waals surface area (Å²) in [5.41, 5.74) is 3.81. The van der Waals surface area contributed by atoms with Gasteiger partial charge in [-0.05, 0) is 44.9 Å². The van der Waals surface area contributed by atoms with Crippen LogP contribution in [0.3, 0.4) is 0 Å². The van der Waals surface area contributed by atoms with Crippen molar-refractivity contribution in [2.24, 2.45) is 0 Å². The molecule has 2 rings (SSSR count). The maximum atomic E-state index is 9.63. The van der Waals surface area contributed by atoms with Gasteiger partial charge in [-0.15, -0.1) is 0 Å². The van der Waals surface area contributed by atoms with E-state index in [1.807, 2.05) is 0 Å². The molecule has 0 amide bonds. The third-order valence-corrected chi connectivity index (χ3v) is 3.79. The van der Waals surface area contributed by atoms with Crippen molar-refractivity contribution in [2.75, 3.05) is 24.6 Å². The second kappa shape index (κ2) is 4.90. The van der Waals surface area contributed by atoms with Crippen LogP contribution in [0.25, 0.3) is 0 Å². The van der Waals surface area contributed by atoms with E-state index >= 15 is 0 Å². The van der Waals surface area contributed by atoms with Crippen molar-refractivity contribution in [1.82, 2.24) is 5.32 Å². The van der Waals surface area contributed by atoms with Crippen LogP contribution in [0.2, 0.25) is 0 Å². The van der Waals surface area contributed by atoms with E-state index in [0.717, 1.165) is 13.1 Å². The maximum absolute atomic E-state index is 9.63. The van der Waals surface area contributed by atoms with Crippen molar-refractivity contribution in [1.29, 1.82) is 0 Å². The average Bonchev–Trinajstić information content (AvgIpc) is 2.31. The highest BCUT2D eigenvalue weighted by atomic mass is 16.3. The van der Waals surface area contributed by atoms with Gasteiger partial charge in [0.05, 0.1) is 12.6 Å². The summed E-state index contributed by atoms with van der Waals surface area (Å²) in [6.45, 7) is 10.7. The molecule has 0 radical (unpaired) electrons. The van der Waals surface area contributed by atoms with Gasteiger partial charge in [0.15, 0.2) is 0 Å². The zero-order chi connectivity index (χ0) is 13.3. The summed E-state index contributed by atoms with van der Waals surface area (Å²) in [4.78, 5) is 2.38. The molecule has 1 aliphatic heterocycles. The number of aliphatic hydroxyl groups is 1. The molecule has 1 aliphatic rings.